The van der Waals surface area contributed by atoms with E-state index in [1.807, 2.05) is 17.0 Å². The average Bonchev–Trinajstić information content (AvgIpc) is 3.91. The molecule has 5 N–H and O–H groups in total. The summed E-state index contributed by atoms with van der Waals surface area (Å²) in [6, 6.07) is 13.4. The third-order valence-electron chi connectivity index (χ3n) is 8.33. The van der Waals surface area contributed by atoms with Crippen LogP contribution in [-0.4, -0.2) is 87.1 Å². The molecule has 1 saturated carbocycles. The molecule has 250 valence electrons. The Labute approximate surface area is 273 Å². The molecule has 14 nitrogen and oxygen atoms in total. The molecular weight excluding hydrogens is 624 g/mol. The minimum atomic E-state index is -4.22. The molecule has 3 aromatic rings. The van der Waals surface area contributed by atoms with Crippen LogP contribution in [0.4, 0.5) is 0 Å². The number of pyridine rings is 1. The second-order valence-electron chi connectivity index (χ2n) is 11.9. The number of nitrogens with zero attached hydrogens (tertiary/aromatic N) is 4. The van der Waals surface area contributed by atoms with Gasteiger partial charge in [-0.25, -0.2) is 8.42 Å². The van der Waals surface area contributed by atoms with Crippen molar-refractivity contribution in [2.75, 3.05) is 32.7 Å². The number of rotatable bonds is 14. The van der Waals surface area contributed by atoms with Crippen LogP contribution in [0.2, 0.25) is 0 Å². The van der Waals surface area contributed by atoms with Crippen LogP contribution in [0.1, 0.15) is 42.5 Å². The maximum atomic E-state index is 14.0. The van der Waals surface area contributed by atoms with Crippen molar-refractivity contribution in [1.29, 1.82) is 0 Å². The van der Waals surface area contributed by atoms with Crippen LogP contribution in [0.15, 0.2) is 77.0 Å². The predicted molar refractivity (Wildman–Crippen MR) is 175 cm³/mol. The van der Waals surface area contributed by atoms with E-state index in [-0.39, 0.29) is 35.5 Å². The van der Waals surface area contributed by atoms with Crippen molar-refractivity contribution >= 4 is 44.9 Å². The van der Waals surface area contributed by atoms with Crippen LogP contribution in [0.25, 0.3) is 10.8 Å². The first-order chi connectivity index (χ1) is 22.6. The smallest absolute Gasteiger partial charge is 0.257 e. The molecule has 5 rings (SSSR count). The van der Waals surface area contributed by atoms with Crippen LogP contribution in [0, 0.1) is 11.1 Å². The number of hydrogen-bond acceptors (Lipinski definition) is 8. The zero-order chi connectivity index (χ0) is 33.4. The molecule has 2 aromatic carbocycles. The molecule has 0 spiro atoms. The molecular formula is C32H40N8O6S. The zero-order valence-corrected chi connectivity index (χ0v) is 26.8. The number of nitrogens with two attached hydrogens (primary N) is 1. The van der Waals surface area contributed by atoms with Crippen molar-refractivity contribution < 1.29 is 27.5 Å². The lowest BCUT2D eigenvalue weighted by Gasteiger charge is -2.31. The number of amides is 3. The summed E-state index contributed by atoms with van der Waals surface area (Å²) in [5.41, 5.74) is 0.167. The predicted octanol–water partition coefficient (Wildman–Crippen LogP) is 0.661. The lowest BCUT2D eigenvalue weighted by atomic mass is 9.98. The van der Waals surface area contributed by atoms with Gasteiger partial charge in [0.25, 0.3) is 5.91 Å². The van der Waals surface area contributed by atoms with Crippen LogP contribution in [-0.2, 0) is 19.6 Å². The van der Waals surface area contributed by atoms with E-state index in [2.05, 4.69) is 20.5 Å². The number of aromatic nitrogens is 1. The van der Waals surface area contributed by atoms with Crippen molar-refractivity contribution in [3.05, 3.63) is 77.8 Å². The average molecular weight is 665 g/mol. The fraction of sp³-hybridized carbons (Fsp3) is 0.406. The Morgan fingerprint density at radius 1 is 1.09 bits per heavy atom. The summed E-state index contributed by atoms with van der Waals surface area (Å²) in [7, 11) is -4.22. The van der Waals surface area contributed by atoms with Gasteiger partial charge < -0.3 is 31.5 Å². The summed E-state index contributed by atoms with van der Waals surface area (Å²) in [5.74, 6) is 3.93. The molecule has 0 unspecified atom stereocenters. The molecule has 2 fully saturated rings. The Morgan fingerprint density at radius 2 is 1.87 bits per heavy atom. The minimum Gasteiger partial charge on any atom is -0.619 e. The van der Waals surface area contributed by atoms with Gasteiger partial charge in [-0.1, -0.05) is 30.3 Å². The van der Waals surface area contributed by atoms with Gasteiger partial charge in [-0.05, 0) is 60.6 Å². The van der Waals surface area contributed by atoms with E-state index < -0.39 is 40.2 Å². The van der Waals surface area contributed by atoms with Gasteiger partial charge in [0, 0.05) is 44.8 Å². The largest absolute Gasteiger partial charge is 0.619 e. The Hall–Kier alpha value is -4.76. The molecule has 2 atom stereocenters. The standard InChI is InChI=1S/C32H40N8O6S/c33-36-22-38-14-3-5-23(20-38)19-35-30(41)18-29(37-47(45,46)28-12-9-24-6-1-2-7-25(24)17-28)32(43)40(27-10-11-27)16-13-34-31(42)26-8-4-15-39(44)21-26/h1-2,4,6-9,12,15,17,21-23,27,29,37H,3,5,10-11,13-14,16,18-20,33H2,(H,34,42)(H,35,41)/t23-,29-/m0/s1. The Balaban J connectivity index is 1.30. The van der Waals surface area contributed by atoms with E-state index in [1.165, 1.54) is 35.4 Å². The minimum absolute atomic E-state index is 0.0259. The number of likely N-dealkylation sites (tertiary alicyclic amines) is 1. The molecule has 2 heterocycles. The van der Waals surface area contributed by atoms with Crippen LogP contribution in [0.3, 0.4) is 0 Å². The summed E-state index contributed by atoms with van der Waals surface area (Å²) < 4.78 is 30.3. The lowest BCUT2D eigenvalue weighted by molar-refractivity contribution is -0.605. The van der Waals surface area contributed by atoms with E-state index in [1.54, 1.807) is 24.5 Å². The molecule has 1 aromatic heterocycles. The number of carbonyl (C=O) groups excluding carboxylic acids is 3. The fourth-order valence-electron chi connectivity index (χ4n) is 5.79. The van der Waals surface area contributed by atoms with Crippen LogP contribution < -0.4 is 25.9 Å². The summed E-state index contributed by atoms with van der Waals surface area (Å²) in [6.45, 7) is 2.00. The topological polar surface area (TPSA) is 193 Å². The van der Waals surface area contributed by atoms with Crippen LogP contribution in [0.5, 0.6) is 0 Å². The lowest BCUT2D eigenvalue weighted by Crippen LogP contribution is -2.52. The molecule has 3 amide bonds. The third kappa shape index (κ3) is 9.16. The third-order valence-corrected chi connectivity index (χ3v) is 9.80. The fourth-order valence-corrected chi connectivity index (χ4v) is 7.01. The molecule has 1 saturated heterocycles. The normalized spacial score (nSPS) is 17.4. The highest BCUT2D eigenvalue weighted by atomic mass is 32.2. The second-order valence-corrected chi connectivity index (χ2v) is 13.6. The number of hydrazone groups is 1. The first-order valence-corrected chi connectivity index (χ1v) is 17.1. The number of carbonyl (C=O) groups is 3. The second kappa shape index (κ2) is 15.2. The van der Waals surface area contributed by atoms with E-state index >= 15 is 0 Å². The SMILES string of the molecule is NN=CN1CCC[C@@H](CNC(=O)C[C@H](NS(=O)(=O)c2ccc3ccccc3c2)C(=O)N(CCNC(=O)c2ccc[n+]([O-])c2)C2CC2)C1. The zero-order valence-electron chi connectivity index (χ0n) is 26.0. The summed E-state index contributed by atoms with van der Waals surface area (Å²) in [6.07, 6.45) is 6.81. The number of nitrogens with one attached hydrogen (secondary N) is 3. The number of hydrogen-bond donors (Lipinski definition) is 4. The van der Waals surface area contributed by atoms with Gasteiger partial charge in [-0.3, -0.25) is 14.4 Å². The Kier molecular flexibility index (Phi) is 10.9. The van der Waals surface area contributed by atoms with Gasteiger partial charge in [0.1, 0.15) is 17.9 Å². The molecule has 0 radical (unpaired) electrons. The van der Waals surface area contributed by atoms with Gasteiger partial charge >= 0.3 is 0 Å². The Bertz CT molecular complexity index is 1730. The number of piperidine rings is 1. The van der Waals surface area contributed by atoms with E-state index in [0.717, 1.165) is 43.8 Å². The van der Waals surface area contributed by atoms with Crippen LogP contribution >= 0.6 is 0 Å². The van der Waals surface area contributed by atoms with Gasteiger partial charge in [-0.2, -0.15) is 14.6 Å². The number of sulfonamides is 1. The first kappa shape index (κ1) is 33.6. The molecule has 15 heteroatoms. The maximum Gasteiger partial charge on any atom is 0.257 e. The van der Waals surface area contributed by atoms with Crippen molar-refractivity contribution in [2.24, 2.45) is 16.9 Å². The van der Waals surface area contributed by atoms with E-state index in [4.69, 9.17) is 5.84 Å². The number of fused-ring (bicyclic) bond motifs is 1. The Morgan fingerprint density at radius 3 is 2.62 bits per heavy atom. The van der Waals surface area contributed by atoms with Crippen molar-refractivity contribution in [2.45, 2.75) is 49.1 Å². The quantitative estimate of drug-likeness (QED) is 0.0482. The molecule has 1 aliphatic heterocycles. The molecule has 1 aliphatic carbocycles. The maximum absolute atomic E-state index is 14.0. The van der Waals surface area contributed by atoms with E-state index in [9.17, 15) is 28.0 Å². The highest BCUT2D eigenvalue weighted by Crippen LogP contribution is 2.28. The summed E-state index contributed by atoms with van der Waals surface area (Å²) in [5, 5.41) is 22.3. The van der Waals surface area contributed by atoms with E-state index in [0.29, 0.717) is 23.2 Å². The molecule has 47 heavy (non-hydrogen) atoms. The monoisotopic (exact) mass is 664 g/mol. The van der Waals surface area contributed by atoms with Gasteiger partial charge in [-0.15, -0.1) is 0 Å². The van der Waals surface area contributed by atoms with Gasteiger partial charge in [0.2, 0.25) is 21.8 Å². The summed E-state index contributed by atoms with van der Waals surface area (Å²) in [4.78, 5) is 43.3. The molecule has 0 bridgehead atoms. The first-order valence-electron chi connectivity index (χ1n) is 15.7. The molecule has 2 aliphatic rings. The highest BCUT2D eigenvalue weighted by Gasteiger charge is 2.38. The van der Waals surface area contributed by atoms with Crippen molar-refractivity contribution in [3.63, 3.8) is 0 Å². The van der Waals surface area contributed by atoms with Crippen molar-refractivity contribution in [3.8, 4) is 0 Å². The van der Waals surface area contributed by atoms with Crippen molar-refractivity contribution in [1.82, 2.24) is 25.2 Å². The highest BCUT2D eigenvalue weighted by molar-refractivity contribution is 7.89. The number of benzene rings is 2. The van der Waals surface area contributed by atoms with Gasteiger partial charge in [0.05, 0.1) is 11.3 Å². The van der Waals surface area contributed by atoms with Gasteiger partial charge in [0.15, 0.2) is 12.4 Å². The summed E-state index contributed by atoms with van der Waals surface area (Å²) >= 11 is 0.